The molecular weight excluding hydrogens is 368 g/mol. The highest BCUT2D eigenvalue weighted by Crippen LogP contribution is 2.34. The Morgan fingerprint density at radius 3 is 2.86 bits per heavy atom. The molecular formula is C23H28N2O4. The van der Waals surface area contributed by atoms with Gasteiger partial charge < -0.3 is 19.7 Å². The molecule has 0 aliphatic carbocycles. The second kappa shape index (κ2) is 9.96. The molecule has 29 heavy (non-hydrogen) atoms. The highest BCUT2D eigenvalue weighted by Gasteiger charge is 2.25. The van der Waals surface area contributed by atoms with Crippen LogP contribution < -0.4 is 19.7 Å². The number of nitrogens with zero attached hydrogens (tertiary/aromatic N) is 1. The number of hydrogen-bond donors (Lipinski definition) is 1. The summed E-state index contributed by atoms with van der Waals surface area (Å²) in [7, 11) is 0. The van der Waals surface area contributed by atoms with Gasteiger partial charge in [0.2, 0.25) is 5.91 Å². The lowest BCUT2D eigenvalue weighted by Gasteiger charge is -2.30. The number of unbranched alkanes of at least 4 members (excludes halogenated alkanes) is 1. The van der Waals surface area contributed by atoms with Crippen LogP contribution in [0.25, 0.3) is 0 Å². The molecule has 2 amide bonds. The molecule has 0 bridgehead atoms. The van der Waals surface area contributed by atoms with Crippen LogP contribution in [0.4, 0.5) is 11.4 Å². The topological polar surface area (TPSA) is 67.9 Å². The molecule has 0 spiro atoms. The van der Waals surface area contributed by atoms with E-state index in [-0.39, 0.29) is 18.4 Å². The molecule has 0 radical (unpaired) electrons. The molecule has 1 N–H and O–H groups in total. The minimum Gasteiger partial charge on any atom is -0.494 e. The maximum atomic E-state index is 12.4. The van der Waals surface area contributed by atoms with Gasteiger partial charge in [0.05, 0.1) is 12.3 Å². The Kier molecular flexibility index (Phi) is 7.11. The van der Waals surface area contributed by atoms with Gasteiger partial charge >= 0.3 is 0 Å². The first-order valence-electron chi connectivity index (χ1n) is 10.1. The number of hydrogen-bond acceptors (Lipinski definition) is 4. The van der Waals surface area contributed by atoms with Crippen molar-refractivity contribution in [1.82, 2.24) is 0 Å². The lowest BCUT2D eigenvalue weighted by molar-refractivity contribution is -0.121. The quantitative estimate of drug-likeness (QED) is 0.641. The molecule has 6 nitrogen and oxygen atoms in total. The van der Waals surface area contributed by atoms with Crippen LogP contribution in [0.15, 0.2) is 42.5 Å². The molecule has 154 valence electrons. The first kappa shape index (κ1) is 20.7. The van der Waals surface area contributed by atoms with E-state index in [0.717, 1.165) is 24.2 Å². The number of aryl methyl sites for hydroxylation is 1. The molecule has 0 unspecified atom stereocenters. The molecule has 1 aliphatic rings. The van der Waals surface area contributed by atoms with Gasteiger partial charge in [-0.25, -0.2) is 0 Å². The zero-order valence-electron chi connectivity index (χ0n) is 17.1. The Hall–Kier alpha value is -3.02. The Morgan fingerprint density at radius 2 is 2.07 bits per heavy atom. The lowest BCUT2D eigenvalue weighted by atomic mass is 10.2. The summed E-state index contributed by atoms with van der Waals surface area (Å²) in [5, 5.41) is 2.90. The van der Waals surface area contributed by atoms with E-state index < -0.39 is 0 Å². The van der Waals surface area contributed by atoms with Crippen molar-refractivity contribution < 1.29 is 19.1 Å². The fourth-order valence-corrected chi connectivity index (χ4v) is 3.20. The van der Waals surface area contributed by atoms with Crippen LogP contribution in [0.2, 0.25) is 0 Å². The van der Waals surface area contributed by atoms with E-state index in [1.807, 2.05) is 31.2 Å². The van der Waals surface area contributed by atoms with Crippen molar-refractivity contribution in [1.29, 1.82) is 0 Å². The molecule has 6 heteroatoms. The zero-order chi connectivity index (χ0) is 20.6. The first-order valence-corrected chi connectivity index (χ1v) is 10.1. The van der Waals surface area contributed by atoms with Crippen LogP contribution in [0.1, 0.15) is 38.2 Å². The van der Waals surface area contributed by atoms with Gasteiger partial charge in [-0.05, 0) is 55.7 Å². The predicted molar refractivity (Wildman–Crippen MR) is 114 cm³/mol. The Labute approximate surface area is 171 Å². The molecule has 1 heterocycles. The van der Waals surface area contributed by atoms with Gasteiger partial charge in [0, 0.05) is 18.7 Å². The van der Waals surface area contributed by atoms with Crippen molar-refractivity contribution in [2.24, 2.45) is 0 Å². The van der Waals surface area contributed by atoms with Gasteiger partial charge in [0.25, 0.3) is 5.91 Å². The van der Waals surface area contributed by atoms with Crippen molar-refractivity contribution in [3.05, 3.63) is 48.0 Å². The third kappa shape index (κ3) is 5.73. The number of rotatable bonds is 9. The summed E-state index contributed by atoms with van der Waals surface area (Å²) < 4.78 is 11.3. The molecule has 1 aliphatic heterocycles. The molecule has 0 saturated heterocycles. The maximum Gasteiger partial charge on any atom is 0.265 e. The van der Waals surface area contributed by atoms with Gasteiger partial charge in [0.15, 0.2) is 6.61 Å². The minimum absolute atomic E-state index is 0.0204. The first-order chi connectivity index (χ1) is 14.1. The molecule has 0 saturated carbocycles. The summed E-state index contributed by atoms with van der Waals surface area (Å²) in [4.78, 5) is 26.1. The predicted octanol–water partition coefficient (Wildman–Crippen LogP) is 4.32. The second-order valence-corrected chi connectivity index (χ2v) is 7.19. The van der Waals surface area contributed by atoms with Crippen molar-refractivity contribution in [3.8, 4) is 11.5 Å². The smallest absolute Gasteiger partial charge is 0.265 e. The van der Waals surface area contributed by atoms with Crippen LogP contribution in [0.5, 0.6) is 11.5 Å². The number of benzene rings is 2. The SMILES string of the molecule is CCCCC(=O)Nc1ccc2c(c1)N(CCCOc1cccc(C)c1)C(=O)CO2. The number of anilines is 2. The highest BCUT2D eigenvalue weighted by molar-refractivity contribution is 5.99. The third-order valence-electron chi connectivity index (χ3n) is 4.73. The van der Waals surface area contributed by atoms with Crippen LogP contribution in [0.3, 0.4) is 0 Å². The van der Waals surface area contributed by atoms with Crippen LogP contribution in [-0.2, 0) is 9.59 Å². The number of carbonyl (C=O) groups excluding carboxylic acids is 2. The number of fused-ring (bicyclic) bond motifs is 1. The summed E-state index contributed by atoms with van der Waals surface area (Å²) in [6.07, 6.45) is 3.00. The van der Waals surface area contributed by atoms with Gasteiger partial charge in [0.1, 0.15) is 11.5 Å². The number of carbonyl (C=O) groups is 2. The van der Waals surface area contributed by atoms with Crippen molar-refractivity contribution in [2.45, 2.75) is 39.5 Å². The molecule has 0 fully saturated rings. The summed E-state index contributed by atoms with van der Waals surface area (Å²) in [6.45, 7) is 5.13. The maximum absolute atomic E-state index is 12.4. The Bertz CT molecular complexity index is 866. The number of ether oxygens (including phenoxy) is 2. The van der Waals surface area contributed by atoms with Crippen LogP contribution in [0, 0.1) is 6.92 Å². The lowest BCUT2D eigenvalue weighted by Crippen LogP contribution is -2.39. The summed E-state index contributed by atoms with van der Waals surface area (Å²) >= 11 is 0. The zero-order valence-corrected chi connectivity index (χ0v) is 17.1. The van der Waals surface area contributed by atoms with Crippen molar-refractivity contribution in [3.63, 3.8) is 0 Å². The largest absolute Gasteiger partial charge is 0.494 e. The molecule has 0 aromatic heterocycles. The average molecular weight is 396 g/mol. The van der Waals surface area contributed by atoms with Gasteiger partial charge in [-0.2, -0.15) is 0 Å². The Balaban J connectivity index is 1.61. The van der Waals surface area contributed by atoms with E-state index in [4.69, 9.17) is 9.47 Å². The van der Waals surface area contributed by atoms with Crippen molar-refractivity contribution in [2.75, 3.05) is 30.0 Å². The highest BCUT2D eigenvalue weighted by atomic mass is 16.5. The summed E-state index contributed by atoms with van der Waals surface area (Å²) in [5.41, 5.74) is 2.50. The number of amides is 2. The van der Waals surface area contributed by atoms with E-state index in [1.165, 1.54) is 0 Å². The molecule has 2 aromatic rings. The fourth-order valence-electron chi connectivity index (χ4n) is 3.20. The number of nitrogens with one attached hydrogen (secondary N) is 1. The van der Waals surface area contributed by atoms with Crippen LogP contribution in [-0.4, -0.2) is 31.6 Å². The van der Waals surface area contributed by atoms with Gasteiger partial charge in [-0.1, -0.05) is 25.5 Å². The summed E-state index contributed by atoms with van der Waals surface area (Å²) in [6, 6.07) is 13.3. The van der Waals surface area contributed by atoms with Gasteiger partial charge in [-0.3, -0.25) is 9.59 Å². The van der Waals surface area contributed by atoms with E-state index >= 15 is 0 Å². The Morgan fingerprint density at radius 1 is 1.21 bits per heavy atom. The van der Waals surface area contributed by atoms with Crippen molar-refractivity contribution >= 4 is 23.2 Å². The monoisotopic (exact) mass is 396 g/mol. The van der Waals surface area contributed by atoms with E-state index in [2.05, 4.69) is 12.2 Å². The molecule has 0 atom stereocenters. The van der Waals surface area contributed by atoms with Gasteiger partial charge in [-0.15, -0.1) is 0 Å². The average Bonchev–Trinajstić information content (AvgIpc) is 2.71. The standard InChI is InChI=1S/C23H28N2O4/c1-3-4-9-22(26)24-18-10-11-21-20(15-18)25(23(27)16-29-21)12-6-13-28-19-8-5-7-17(2)14-19/h5,7-8,10-11,14-15H,3-4,6,9,12-13,16H2,1-2H3,(H,24,26). The van der Waals surface area contributed by atoms with E-state index in [0.29, 0.717) is 43.1 Å². The fraction of sp³-hybridized carbons (Fsp3) is 0.391. The molecule has 3 rings (SSSR count). The normalized spacial score (nSPS) is 12.9. The van der Waals surface area contributed by atoms with E-state index in [9.17, 15) is 9.59 Å². The molecule has 2 aromatic carbocycles. The summed E-state index contributed by atoms with van der Waals surface area (Å²) in [5.74, 6) is 1.36. The second-order valence-electron chi connectivity index (χ2n) is 7.19. The minimum atomic E-state index is -0.0949. The van der Waals surface area contributed by atoms with E-state index in [1.54, 1.807) is 23.1 Å². The third-order valence-corrected chi connectivity index (χ3v) is 4.73. The van der Waals surface area contributed by atoms with Crippen LogP contribution >= 0.6 is 0 Å².